The quantitative estimate of drug-likeness (QED) is 0.0401. The number of unbranched alkanes of at least 4 members (excludes halogenated alkanes) is 22. The van der Waals surface area contributed by atoms with E-state index in [0.717, 1.165) is 38.5 Å². The predicted molar refractivity (Wildman–Crippen MR) is 192 cm³/mol. The number of hydrogen-bond donors (Lipinski definition) is 4. The molecule has 0 aromatic carbocycles. The normalized spacial score (nSPS) is 21.5. The van der Waals surface area contributed by atoms with E-state index in [2.05, 4.69) is 13.8 Å². The van der Waals surface area contributed by atoms with Crippen LogP contribution in [0.4, 0.5) is 0 Å². The number of carbonyl (C=O) groups excluding carboxylic acids is 2. The van der Waals surface area contributed by atoms with E-state index in [0.29, 0.717) is 6.42 Å². The van der Waals surface area contributed by atoms with E-state index < -0.39 is 49.4 Å². The molecule has 10 nitrogen and oxygen atoms in total. The second-order valence-electron chi connectivity index (χ2n) is 14.1. The van der Waals surface area contributed by atoms with Crippen LogP contribution in [0.5, 0.6) is 0 Å². The number of aliphatic hydroxyl groups is 4. The summed E-state index contributed by atoms with van der Waals surface area (Å²) in [4.78, 5) is 25.2. The van der Waals surface area contributed by atoms with Gasteiger partial charge in [-0.25, -0.2) is 0 Å². The molecule has 0 bridgehead atoms. The zero-order valence-corrected chi connectivity index (χ0v) is 31.2. The van der Waals surface area contributed by atoms with E-state index in [4.69, 9.17) is 18.9 Å². The average Bonchev–Trinajstić information content (AvgIpc) is 3.10. The number of hydrogen-bond acceptors (Lipinski definition) is 10. The number of esters is 2. The maximum absolute atomic E-state index is 12.7. The van der Waals surface area contributed by atoms with Crippen molar-refractivity contribution in [2.24, 2.45) is 0 Å². The van der Waals surface area contributed by atoms with Gasteiger partial charge in [0, 0.05) is 12.8 Å². The number of aliphatic hydroxyl groups excluding tert-OH is 4. The fourth-order valence-corrected chi connectivity index (χ4v) is 6.25. The number of rotatable bonds is 33. The Balaban J connectivity index is 2.37. The molecule has 1 fully saturated rings. The lowest BCUT2D eigenvalue weighted by Crippen LogP contribution is -2.59. The zero-order valence-electron chi connectivity index (χ0n) is 31.2. The second kappa shape index (κ2) is 31.4. The van der Waals surface area contributed by atoms with Gasteiger partial charge in [-0.2, -0.15) is 0 Å². The van der Waals surface area contributed by atoms with E-state index in [1.807, 2.05) is 0 Å². The zero-order chi connectivity index (χ0) is 36.0. The molecule has 0 spiro atoms. The van der Waals surface area contributed by atoms with Crippen molar-refractivity contribution in [3.63, 3.8) is 0 Å². The number of ether oxygens (including phenoxy) is 4. The first-order valence-corrected chi connectivity index (χ1v) is 20.1. The summed E-state index contributed by atoms with van der Waals surface area (Å²) in [5.41, 5.74) is 0. The van der Waals surface area contributed by atoms with Gasteiger partial charge in [0.25, 0.3) is 0 Å². The Morgan fingerprint density at radius 2 is 0.959 bits per heavy atom. The van der Waals surface area contributed by atoms with E-state index in [1.165, 1.54) is 109 Å². The lowest BCUT2D eigenvalue weighted by atomic mass is 9.99. The Morgan fingerprint density at radius 1 is 0.551 bits per heavy atom. The summed E-state index contributed by atoms with van der Waals surface area (Å²) in [5, 5.41) is 39.9. The number of carbonyl (C=O) groups is 2. The van der Waals surface area contributed by atoms with Gasteiger partial charge < -0.3 is 39.4 Å². The topological polar surface area (TPSA) is 152 Å². The molecule has 1 aliphatic heterocycles. The van der Waals surface area contributed by atoms with Crippen molar-refractivity contribution in [2.75, 3.05) is 19.8 Å². The van der Waals surface area contributed by atoms with Crippen LogP contribution in [-0.2, 0) is 28.5 Å². The molecule has 290 valence electrons. The molecule has 0 saturated carbocycles. The highest BCUT2D eigenvalue weighted by molar-refractivity contribution is 5.70. The smallest absolute Gasteiger partial charge is 0.306 e. The lowest BCUT2D eigenvalue weighted by molar-refractivity contribution is -0.305. The standard InChI is InChI=1S/C39H74O10/c1-3-5-7-9-11-13-15-16-18-19-21-23-25-27-34(41)46-30-32(31-47-39-38(45)37(44)36(43)33(29-40)49-39)48-35(42)28-26-24-22-20-17-14-12-10-8-6-4-2/h32-33,36-40,43-45H,3-31H2,1-2H3. The maximum atomic E-state index is 12.7. The molecule has 0 amide bonds. The van der Waals surface area contributed by atoms with Crippen molar-refractivity contribution in [3.05, 3.63) is 0 Å². The first-order chi connectivity index (χ1) is 23.8. The molecule has 49 heavy (non-hydrogen) atoms. The van der Waals surface area contributed by atoms with Gasteiger partial charge in [0.05, 0.1) is 13.2 Å². The van der Waals surface area contributed by atoms with Gasteiger partial charge in [0.15, 0.2) is 12.4 Å². The van der Waals surface area contributed by atoms with Gasteiger partial charge in [-0.15, -0.1) is 0 Å². The van der Waals surface area contributed by atoms with Crippen LogP contribution in [0.15, 0.2) is 0 Å². The van der Waals surface area contributed by atoms with E-state index in [-0.39, 0.29) is 32.0 Å². The van der Waals surface area contributed by atoms with E-state index >= 15 is 0 Å². The van der Waals surface area contributed by atoms with Crippen LogP contribution >= 0.6 is 0 Å². The van der Waals surface area contributed by atoms with Gasteiger partial charge >= 0.3 is 11.9 Å². The molecule has 6 unspecified atom stereocenters. The van der Waals surface area contributed by atoms with Gasteiger partial charge in [-0.3, -0.25) is 9.59 Å². The molecule has 4 N–H and O–H groups in total. The Bertz CT molecular complexity index is 779. The van der Waals surface area contributed by atoms with Crippen LogP contribution in [0, 0.1) is 0 Å². The average molecular weight is 703 g/mol. The Kier molecular flexibility index (Phi) is 29.3. The summed E-state index contributed by atoms with van der Waals surface area (Å²) in [5.74, 6) is -0.798. The van der Waals surface area contributed by atoms with Crippen molar-refractivity contribution < 1.29 is 49.0 Å². The molecular weight excluding hydrogens is 628 g/mol. The highest BCUT2D eigenvalue weighted by Gasteiger charge is 2.44. The van der Waals surface area contributed by atoms with E-state index in [1.54, 1.807) is 0 Å². The fourth-order valence-electron chi connectivity index (χ4n) is 6.25. The highest BCUT2D eigenvalue weighted by Crippen LogP contribution is 2.22. The Morgan fingerprint density at radius 3 is 1.39 bits per heavy atom. The van der Waals surface area contributed by atoms with Gasteiger partial charge in [-0.05, 0) is 12.8 Å². The molecule has 1 saturated heterocycles. The van der Waals surface area contributed by atoms with E-state index in [9.17, 15) is 30.0 Å². The third-order valence-electron chi connectivity index (χ3n) is 9.49. The van der Waals surface area contributed by atoms with Crippen LogP contribution < -0.4 is 0 Å². The molecular formula is C39H74O10. The third-order valence-corrected chi connectivity index (χ3v) is 9.49. The summed E-state index contributed by atoms with van der Waals surface area (Å²) in [6, 6.07) is 0. The molecule has 1 aliphatic rings. The SMILES string of the molecule is CCCCCCCCCCCCCCCC(=O)OCC(COC1OC(CO)C(O)C(O)C1O)OC(=O)CCCCCCCCCCCCC. The Labute approximate surface area is 298 Å². The molecule has 0 aromatic heterocycles. The molecule has 1 rings (SSSR count). The van der Waals surface area contributed by atoms with Gasteiger partial charge in [0.2, 0.25) is 0 Å². The third kappa shape index (κ3) is 23.7. The summed E-state index contributed by atoms with van der Waals surface area (Å²) < 4.78 is 22.1. The molecule has 0 radical (unpaired) electrons. The molecule has 0 aromatic rings. The largest absolute Gasteiger partial charge is 0.462 e. The first kappa shape index (κ1) is 45.7. The Hall–Kier alpha value is -1.30. The van der Waals surface area contributed by atoms with Crippen molar-refractivity contribution in [1.82, 2.24) is 0 Å². The molecule has 1 heterocycles. The maximum Gasteiger partial charge on any atom is 0.306 e. The van der Waals surface area contributed by atoms with Crippen molar-refractivity contribution in [3.8, 4) is 0 Å². The van der Waals surface area contributed by atoms with Gasteiger partial charge in [0.1, 0.15) is 31.0 Å². The molecule has 6 atom stereocenters. The van der Waals surface area contributed by atoms with Gasteiger partial charge in [-0.1, -0.05) is 155 Å². The predicted octanol–water partition coefficient (Wildman–Crippen LogP) is 7.44. The lowest BCUT2D eigenvalue weighted by Gasteiger charge is -2.39. The highest BCUT2D eigenvalue weighted by atomic mass is 16.7. The van der Waals surface area contributed by atoms with Crippen molar-refractivity contribution in [1.29, 1.82) is 0 Å². The monoisotopic (exact) mass is 703 g/mol. The minimum absolute atomic E-state index is 0.210. The summed E-state index contributed by atoms with van der Waals surface area (Å²) in [6.07, 6.45) is 21.1. The summed E-state index contributed by atoms with van der Waals surface area (Å²) >= 11 is 0. The van der Waals surface area contributed by atoms with Crippen LogP contribution in [0.1, 0.15) is 181 Å². The first-order valence-electron chi connectivity index (χ1n) is 20.1. The summed E-state index contributed by atoms with van der Waals surface area (Å²) in [6.45, 7) is 3.41. The van der Waals surface area contributed by atoms with Crippen molar-refractivity contribution >= 4 is 11.9 Å². The summed E-state index contributed by atoms with van der Waals surface area (Å²) in [7, 11) is 0. The molecule has 10 heteroatoms. The molecule has 0 aliphatic carbocycles. The van der Waals surface area contributed by atoms with Crippen LogP contribution in [0.3, 0.4) is 0 Å². The van der Waals surface area contributed by atoms with Crippen molar-refractivity contribution in [2.45, 2.75) is 218 Å². The minimum Gasteiger partial charge on any atom is -0.462 e. The van der Waals surface area contributed by atoms with Crippen LogP contribution in [-0.4, -0.2) is 89.0 Å². The van der Waals surface area contributed by atoms with Crippen LogP contribution in [0.2, 0.25) is 0 Å². The fraction of sp³-hybridized carbons (Fsp3) is 0.949. The van der Waals surface area contributed by atoms with Crippen LogP contribution in [0.25, 0.3) is 0 Å². The minimum atomic E-state index is -1.59. The second-order valence-corrected chi connectivity index (χ2v) is 14.1.